The molecule has 0 aliphatic rings. The standard InChI is InChI=1S/C37H76N2S.BrH/c1-2-3-4-5-6-7-8-9-10-11-12-13-14-15-16-17-18-19-20-21-22-23-24-25-26-27-28-29-30-31-32-33-34-35-36-40-37(38)39;/h2-36H2,1H3,(H3,38,39);1H. The van der Waals surface area contributed by atoms with Crippen LogP contribution in [0.2, 0.25) is 0 Å². The summed E-state index contributed by atoms with van der Waals surface area (Å²) in [6.45, 7) is 2.31. The number of hydrogen-bond donors (Lipinski definition) is 2. The molecule has 0 bridgehead atoms. The third kappa shape index (κ3) is 42.5. The van der Waals surface area contributed by atoms with E-state index in [0.717, 1.165) is 5.75 Å². The summed E-state index contributed by atoms with van der Waals surface area (Å²) >= 11 is 1.49. The van der Waals surface area contributed by atoms with E-state index in [4.69, 9.17) is 11.1 Å². The monoisotopic (exact) mass is 660 g/mol. The molecule has 0 heterocycles. The lowest BCUT2D eigenvalue weighted by Gasteiger charge is -2.05. The summed E-state index contributed by atoms with van der Waals surface area (Å²) < 4.78 is 0. The van der Waals surface area contributed by atoms with Crippen molar-refractivity contribution in [2.75, 3.05) is 5.75 Å². The predicted octanol–water partition coefficient (Wildman–Crippen LogP) is 14.5. The molecule has 248 valence electrons. The Morgan fingerprint density at radius 3 is 0.707 bits per heavy atom. The molecule has 0 aromatic carbocycles. The van der Waals surface area contributed by atoms with Crippen LogP contribution in [0.15, 0.2) is 0 Å². The van der Waals surface area contributed by atoms with Gasteiger partial charge in [-0.15, -0.1) is 17.0 Å². The highest BCUT2D eigenvalue weighted by Gasteiger charge is 1.98. The van der Waals surface area contributed by atoms with Gasteiger partial charge in [0.1, 0.15) is 0 Å². The molecule has 0 aromatic rings. The summed E-state index contributed by atoms with van der Waals surface area (Å²) in [5, 5.41) is 7.47. The van der Waals surface area contributed by atoms with E-state index in [-0.39, 0.29) is 22.1 Å². The Morgan fingerprint density at radius 2 is 0.537 bits per heavy atom. The molecule has 0 rings (SSSR count). The average molecular weight is 662 g/mol. The van der Waals surface area contributed by atoms with Crippen LogP contribution in [0.3, 0.4) is 0 Å². The third-order valence-corrected chi connectivity index (χ3v) is 9.56. The Bertz CT molecular complexity index is 474. The van der Waals surface area contributed by atoms with E-state index in [2.05, 4.69) is 6.92 Å². The van der Waals surface area contributed by atoms with E-state index in [9.17, 15) is 0 Å². The fraction of sp³-hybridized carbons (Fsp3) is 0.973. The van der Waals surface area contributed by atoms with Crippen molar-refractivity contribution >= 4 is 33.9 Å². The zero-order valence-corrected chi connectivity index (χ0v) is 30.7. The molecule has 0 saturated heterocycles. The number of amidine groups is 1. The van der Waals surface area contributed by atoms with Gasteiger partial charge >= 0.3 is 0 Å². The fourth-order valence-corrected chi connectivity index (χ4v) is 6.58. The van der Waals surface area contributed by atoms with Crippen LogP contribution in [-0.4, -0.2) is 10.9 Å². The van der Waals surface area contributed by atoms with Crippen LogP contribution < -0.4 is 5.73 Å². The van der Waals surface area contributed by atoms with E-state index < -0.39 is 0 Å². The van der Waals surface area contributed by atoms with Crippen LogP contribution in [0.5, 0.6) is 0 Å². The highest BCUT2D eigenvalue weighted by molar-refractivity contribution is 8.93. The van der Waals surface area contributed by atoms with Crippen molar-refractivity contribution < 1.29 is 0 Å². The summed E-state index contributed by atoms with van der Waals surface area (Å²) in [5.41, 5.74) is 5.36. The maximum Gasteiger partial charge on any atom is 0.151 e. The molecule has 4 heteroatoms. The minimum Gasteiger partial charge on any atom is -0.379 e. The highest BCUT2D eigenvalue weighted by Crippen LogP contribution is 2.17. The highest BCUT2D eigenvalue weighted by atomic mass is 79.9. The molecular weight excluding hydrogens is 584 g/mol. The van der Waals surface area contributed by atoms with Gasteiger partial charge in [0.25, 0.3) is 0 Å². The van der Waals surface area contributed by atoms with E-state index >= 15 is 0 Å². The number of rotatable bonds is 35. The first-order chi connectivity index (χ1) is 19.8. The number of hydrogen-bond acceptors (Lipinski definition) is 2. The quantitative estimate of drug-likeness (QED) is 0.0403. The summed E-state index contributed by atoms with van der Waals surface area (Å²) in [6, 6.07) is 0. The van der Waals surface area contributed by atoms with Gasteiger partial charge in [0, 0.05) is 5.75 Å². The molecule has 0 aliphatic carbocycles. The van der Waals surface area contributed by atoms with Gasteiger partial charge in [0.05, 0.1) is 0 Å². The zero-order chi connectivity index (χ0) is 29.0. The molecule has 0 amide bonds. The summed E-state index contributed by atoms with van der Waals surface area (Å²) in [7, 11) is 0. The van der Waals surface area contributed by atoms with Crippen LogP contribution in [0.25, 0.3) is 0 Å². The first kappa shape index (κ1) is 43.4. The minimum absolute atomic E-state index is 0. The molecule has 0 unspecified atom stereocenters. The van der Waals surface area contributed by atoms with Crippen molar-refractivity contribution in [3.05, 3.63) is 0 Å². The fourth-order valence-electron chi connectivity index (χ4n) is 6.01. The van der Waals surface area contributed by atoms with Crippen LogP contribution in [0, 0.1) is 5.41 Å². The molecule has 0 fully saturated rings. The van der Waals surface area contributed by atoms with Crippen molar-refractivity contribution in [3.8, 4) is 0 Å². The topological polar surface area (TPSA) is 49.9 Å². The van der Waals surface area contributed by atoms with Crippen LogP contribution in [0.4, 0.5) is 0 Å². The van der Waals surface area contributed by atoms with E-state index in [0.29, 0.717) is 0 Å². The lowest BCUT2D eigenvalue weighted by atomic mass is 10.0. The lowest BCUT2D eigenvalue weighted by molar-refractivity contribution is 0.511. The molecule has 0 atom stereocenters. The molecule has 0 spiro atoms. The van der Waals surface area contributed by atoms with Crippen LogP contribution in [0.1, 0.15) is 225 Å². The minimum atomic E-state index is 0. The number of thioether (sulfide) groups is 1. The molecule has 41 heavy (non-hydrogen) atoms. The predicted molar refractivity (Wildman–Crippen MR) is 197 cm³/mol. The largest absolute Gasteiger partial charge is 0.379 e. The van der Waals surface area contributed by atoms with Crippen molar-refractivity contribution in [3.63, 3.8) is 0 Å². The van der Waals surface area contributed by atoms with Crippen molar-refractivity contribution in [2.45, 2.75) is 225 Å². The summed E-state index contributed by atoms with van der Waals surface area (Å²) in [6.07, 6.45) is 49.4. The van der Waals surface area contributed by atoms with Gasteiger partial charge in [0.15, 0.2) is 5.17 Å². The van der Waals surface area contributed by atoms with Crippen molar-refractivity contribution in [1.82, 2.24) is 0 Å². The Hall–Kier alpha value is 0.300. The maximum absolute atomic E-state index is 7.20. The molecular formula is C37H77BrN2S. The second-order valence-electron chi connectivity index (χ2n) is 12.9. The Morgan fingerprint density at radius 1 is 0.366 bits per heavy atom. The molecule has 3 N–H and O–H groups in total. The van der Waals surface area contributed by atoms with E-state index in [1.807, 2.05) is 0 Å². The van der Waals surface area contributed by atoms with Crippen LogP contribution >= 0.6 is 28.7 Å². The summed E-state index contributed by atoms with van der Waals surface area (Å²) in [4.78, 5) is 0. The average Bonchev–Trinajstić information content (AvgIpc) is 2.95. The van der Waals surface area contributed by atoms with Gasteiger partial charge in [0.2, 0.25) is 0 Å². The van der Waals surface area contributed by atoms with Gasteiger partial charge in [-0.3, -0.25) is 5.41 Å². The van der Waals surface area contributed by atoms with Crippen molar-refractivity contribution in [1.29, 1.82) is 5.41 Å². The molecule has 0 aliphatic heterocycles. The second-order valence-corrected chi connectivity index (χ2v) is 14.0. The second kappa shape index (κ2) is 40.3. The molecule has 0 aromatic heterocycles. The number of unbranched alkanes of at least 4 members (excludes halogenated alkanes) is 33. The SMILES string of the molecule is Br.CCCCCCCCCCCCCCCCCCCCCCCCCCCCCCCCCCCCSC(=N)N. The van der Waals surface area contributed by atoms with Gasteiger partial charge in [-0.2, -0.15) is 0 Å². The van der Waals surface area contributed by atoms with E-state index in [1.165, 1.54) is 230 Å². The number of nitrogens with one attached hydrogen (secondary N) is 1. The third-order valence-electron chi connectivity index (χ3n) is 8.76. The van der Waals surface area contributed by atoms with Crippen LogP contribution in [-0.2, 0) is 0 Å². The smallest absolute Gasteiger partial charge is 0.151 e. The van der Waals surface area contributed by atoms with Gasteiger partial charge in [-0.05, 0) is 6.42 Å². The van der Waals surface area contributed by atoms with Gasteiger partial charge < -0.3 is 5.73 Å². The zero-order valence-electron chi connectivity index (χ0n) is 28.1. The van der Waals surface area contributed by atoms with E-state index in [1.54, 1.807) is 0 Å². The van der Waals surface area contributed by atoms with Gasteiger partial charge in [-0.25, -0.2) is 0 Å². The molecule has 0 saturated carbocycles. The molecule has 0 radical (unpaired) electrons. The normalized spacial score (nSPS) is 11.1. The summed E-state index contributed by atoms with van der Waals surface area (Å²) in [5.74, 6) is 1.02. The Kier molecular flexibility index (Phi) is 42.7. The van der Waals surface area contributed by atoms with Gasteiger partial charge in [-0.1, -0.05) is 231 Å². The lowest BCUT2D eigenvalue weighted by Crippen LogP contribution is -2.04. The Labute approximate surface area is 275 Å². The first-order valence-corrected chi connectivity index (χ1v) is 19.7. The maximum atomic E-state index is 7.20. The molecule has 2 nitrogen and oxygen atoms in total. The Balaban J connectivity index is 0. The number of nitrogens with two attached hydrogens (primary N) is 1. The first-order valence-electron chi connectivity index (χ1n) is 18.7. The van der Waals surface area contributed by atoms with Crippen molar-refractivity contribution in [2.24, 2.45) is 5.73 Å². The number of halogens is 1.